The summed E-state index contributed by atoms with van der Waals surface area (Å²) in [5.41, 5.74) is 0. The van der Waals surface area contributed by atoms with Gasteiger partial charge >= 0.3 is 0 Å². The second-order valence-corrected chi connectivity index (χ2v) is 10.2. The Hall–Kier alpha value is -1.16. The fourth-order valence-corrected chi connectivity index (χ4v) is 5.07. The van der Waals surface area contributed by atoms with Gasteiger partial charge in [-0.15, -0.1) is 0 Å². The monoisotopic (exact) mass is 462 g/mol. The van der Waals surface area contributed by atoms with E-state index in [1.165, 1.54) is 103 Å². The van der Waals surface area contributed by atoms with Crippen LogP contribution in [0.25, 0.3) is 0 Å². The Labute approximate surface area is 206 Å². The van der Waals surface area contributed by atoms with Crippen molar-refractivity contribution < 1.29 is 9.28 Å². The Morgan fingerprint density at radius 3 is 1.97 bits per heavy atom. The van der Waals surface area contributed by atoms with E-state index in [1.54, 1.807) is 6.92 Å². The minimum Gasteiger partial charge on any atom is -0.351 e. The van der Waals surface area contributed by atoms with Gasteiger partial charge in [0.15, 0.2) is 6.17 Å². The van der Waals surface area contributed by atoms with Crippen molar-refractivity contribution in [1.82, 2.24) is 5.32 Å². The molecule has 1 aliphatic rings. The third-order valence-corrected chi connectivity index (χ3v) is 7.39. The highest BCUT2D eigenvalue weighted by Crippen LogP contribution is 2.23. The normalized spacial score (nSPS) is 20.2. The fourth-order valence-electron chi connectivity index (χ4n) is 5.07. The molecule has 0 saturated heterocycles. The molecule has 0 aromatic heterocycles. The van der Waals surface area contributed by atoms with Gasteiger partial charge in [0.1, 0.15) is 6.54 Å². The first-order chi connectivity index (χ1) is 16.1. The minimum absolute atomic E-state index is 0.0644. The predicted molar refractivity (Wildman–Crippen MR) is 145 cm³/mol. The highest BCUT2D eigenvalue weighted by Gasteiger charge is 2.37. The zero-order chi connectivity index (χ0) is 24.0. The van der Waals surface area contributed by atoms with E-state index >= 15 is 0 Å². The molecule has 1 amide bonds. The van der Waals surface area contributed by atoms with Crippen LogP contribution in [0.5, 0.6) is 0 Å². The Balaban J connectivity index is 1.95. The summed E-state index contributed by atoms with van der Waals surface area (Å²) in [6.45, 7) is 9.97. The Bertz CT molecular complexity index is 531. The van der Waals surface area contributed by atoms with Gasteiger partial charge < -0.3 is 5.32 Å². The van der Waals surface area contributed by atoms with Crippen molar-refractivity contribution in [1.29, 1.82) is 0 Å². The van der Waals surface area contributed by atoms with E-state index in [4.69, 9.17) is 4.99 Å². The predicted octanol–water partition coefficient (Wildman–Crippen LogP) is 7.58. The molecule has 0 bridgehead atoms. The summed E-state index contributed by atoms with van der Waals surface area (Å²) in [6.07, 6.45) is 30.5. The number of quaternary nitrogens is 1. The Morgan fingerprint density at radius 2 is 1.42 bits per heavy atom. The van der Waals surface area contributed by atoms with E-state index < -0.39 is 0 Å². The van der Waals surface area contributed by atoms with Crippen molar-refractivity contribution in [3.8, 4) is 0 Å². The second-order valence-electron chi connectivity index (χ2n) is 10.2. The number of hydrogen-bond donors (Lipinski definition) is 1. The third-order valence-electron chi connectivity index (χ3n) is 7.39. The number of amides is 1. The zero-order valence-electron chi connectivity index (χ0n) is 22.5. The summed E-state index contributed by atoms with van der Waals surface area (Å²) in [4.78, 5) is 16.0. The maximum atomic E-state index is 11.2. The summed E-state index contributed by atoms with van der Waals surface area (Å²) in [7, 11) is 0. The van der Waals surface area contributed by atoms with Crippen molar-refractivity contribution in [3.05, 3.63) is 12.2 Å². The van der Waals surface area contributed by atoms with Crippen LogP contribution >= 0.6 is 0 Å². The lowest BCUT2D eigenvalue weighted by atomic mass is 10.0. The molecular weight excluding hydrogens is 406 g/mol. The summed E-state index contributed by atoms with van der Waals surface area (Å²) in [5, 5.41) is 2.96. The molecular formula is C29H56N3O+. The van der Waals surface area contributed by atoms with Crippen LogP contribution in [0.2, 0.25) is 0 Å². The molecule has 1 heterocycles. The van der Waals surface area contributed by atoms with E-state index in [0.29, 0.717) is 6.17 Å². The van der Waals surface area contributed by atoms with E-state index in [-0.39, 0.29) is 5.91 Å². The number of nitrogens with zero attached hydrogens (tertiary/aromatic N) is 2. The number of carbonyl (C=O) groups excluding carboxylic acids is 1. The molecule has 0 fully saturated rings. The average molecular weight is 463 g/mol. The lowest BCUT2D eigenvalue weighted by molar-refractivity contribution is -0.935. The van der Waals surface area contributed by atoms with Crippen molar-refractivity contribution >= 4 is 12.1 Å². The minimum atomic E-state index is 0.0644. The van der Waals surface area contributed by atoms with Crippen molar-refractivity contribution in [2.45, 2.75) is 136 Å². The SMILES string of the molecule is CCCCCCCCCCCCCCC/C=C/CCCC1N=CC[N+]1(CC)CCNC(C)=O. The van der Waals surface area contributed by atoms with Crippen LogP contribution < -0.4 is 5.32 Å². The van der Waals surface area contributed by atoms with Gasteiger partial charge in [-0.05, 0) is 32.6 Å². The first kappa shape index (κ1) is 29.9. The van der Waals surface area contributed by atoms with Crippen molar-refractivity contribution in [3.63, 3.8) is 0 Å². The molecule has 0 radical (unpaired) electrons. The number of nitrogens with one attached hydrogen (secondary N) is 1. The topological polar surface area (TPSA) is 41.5 Å². The zero-order valence-corrected chi connectivity index (χ0v) is 22.5. The molecule has 192 valence electrons. The standard InChI is InChI=1S/C29H55N3O/c1-4-6-7-8-9-10-11-12-13-14-15-16-17-18-19-20-21-22-23-29-31-25-27-32(29,5-2)26-24-30-28(3)33/h19-20,25,29H,4-18,21-24,26-27H2,1-3H3/p+1/b20-19+. The average Bonchev–Trinajstić information content (AvgIpc) is 3.21. The molecule has 1 N–H and O–H groups in total. The Kier molecular flexibility index (Phi) is 18.3. The van der Waals surface area contributed by atoms with Gasteiger partial charge in [-0.2, -0.15) is 0 Å². The summed E-state index contributed by atoms with van der Waals surface area (Å²) in [6, 6.07) is 0. The summed E-state index contributed by atoms with van der Waals surface area (Å²) < 4.78 is 1.00. The first-order valence-electron chi connectivity index (χ1n) is 14.4. The van der Waals surface area contributed by atoms with Crippen LogP contribution in [-0.4, -0.2) is 48.9 Å². The van der Waals surface area contributed by atoms with Gasteiger partial charge in [-0.25, -0.2) is 4.99 Å². The molecule has 0 aliphatic carbocycles. The molecule has 1 aliphatic heterocycles. The molecule has 1 rings (SSSR count). The van der Waals surface area contributed by atoms with E-state index in [1.807, 2.05) is 0 Å². The maximum Gasteiger partial charge on any atom is 0.217 e. The van der Waals surface area contributed by atoms with Gasteiger partial charge in [0.2, 0.25) is 5.91 Å². The molecule has 0 aromatic carbocycles. The second kappa shape index (κ2) is 20.2. The number of allylic oxidation sites excluding steroid dienone is 2. The number of carbonyl (C=O) groups is 1. The highest BCUT2D eigenvalue weighted by atomic mass is 16.1. The number of likely N-dealkylation sites (N-methyl/N-ethyl adjacent to an activating group) is 1. The lowest BCUT2D eigenvalue weighted by Crippen LogP contribution is -2.55. The number of hydrogen-bond acceptors (Lipinski definition) is 2. The van der Waals surface area contributed by atoms with Crippen LogP contribution in [-0.2, 0) is 4.79 Å². The number of rotatable bonds is 22. The van der Waals surface area contributed by atoms with Crippen LogP contribution in [0.15, 0.2) is 17.1 Å². The van der Waals surface area contributed by atoms with Crippen LogP contribution in [0.4, 0.5) is 0 Å². The van der Waals surface area contributed by atoms with Crippen LogP contribution in [0.3, 0.4) is 0 Å². The van der Waals surface area contributed by atoms with E-state index in [9.17, 15) is 4.79 Å². The molecule has 33 heavy (non-hydrogen) atoms. The third kappa shape index (κ3) is 14.7. The summed E-state index contributed by atoms with van der Waals surface area (Å²) >= 11 is 0. The summed E-state index contributed by atoms with van der Waals surface area (Å²) in [5.74, 6) is 0.0644. The van der Waals surface area contributed by atoms with Crippen molar-refractivity contribution in [2.24, 2.45) is 4.99 Å². The molecule has 2 unspecified atom stereocenters. The Morgan fingerprint density at radius 1 is 0.879 bits per heavy atom. The molecule has 4 nitrogen and oxygen atoms in total. The van der Waals surface area contributed by atoms with Gasteiger partial charge in [0, 0.05) is 13.3 Å². The smallest absolute Gasteiger partial charge is 0.217 e. The maximum absolute atomic E-state index is 11.2. The molecule has 0 spiro atoms. The van der Waals surface area contributed by atoms with Crippen LogP contribution in [0.1, 0.15) is 130 Å². The first-order valence-corrected chi connectivity index (χ1v) is 14.4. The van der Waals surface area contributed by atoms with Gasteiger partial charge in [0.25, 0.3) is 0 Å². The van der Waals surface area contributed by atoms with E-state index in [0.717, 1.165) is 37.1 Å². The van der Waals surface area contributed by atoms with Gasteiger partial charge in [-0.1, -0.05) is 96.1 Å². The van der Waals surface area contributed by atoms with Crippen molar-refractivity contribution in [2.75, 3.05) is 26.2 Å². The molecule has 0 aromatic rings. The highest BCUT2D eigenvalue weighted by molar-refractivity contribution is 5.72. The lowest BCUT2D eigenvalue weighted by Gasteiger charge is -2.38. The fraction of sp³-hybridized carbons (Fsp3) is 0.862. The molecule has 0 saturated carbocycles. The van der Waals surface area contributed by atoms with Crippen LogP contribution in [0, 0.1) is 0 Å². The molecule has 2 atom stereocenters. The molecule has 4 heteroatoms. The number of unbranched alkanes of at least 4 members (excludes halogenated alkanes) is 14. The van der Waals surface area contributed by atoms with Gasteiger partial charge in [-0.3, -0.25) is 9.28 Å². The van der Waals surface area contributed by atoms with Gasteiger partial charge in [0.05, 0.1) is 25.8 Å². The number of aliphatic imine (C=N–C) groups is 1. The quantitative estimate of drug-likeness (QED) is 0.101. The van der Waals surface area contributed by atoms with E-state index in [2.05, 4.69) is 37.5 Å². The largest absolute Gasteiger partial charge is 0.351 e.